The minimum absolute atomic E-state index is 0.00529. The van der Waals surface area contributed by atoms with Gasteiger partial charge in [-0.25, -0.2) is 0 Å². The Morgan fingerprint density at radius 2 is 1.77 bits per heavy atom. The number of nitrogens with two attached hydrogens (primary N) is 1. The minimum atomic E-state index is -0.542. The van der Waals surface area contributed by atoms with Crippen LogP contribution >= 0.6 is 0 Å². The van der Waals surface area contributed by atoms with Crippen molar-refractivity contribution in [3.8, 4) is 0 Å². The molecule has 2 aliphatic heterocycles. The van der Waals surface area contributed by atoms with Gasteiger partial charge in [0.25, 0.3) is 5.91 Å². The van der Waals surface area contributed by atoms with Crippen LogP contribution in [0.5, 0.6) is 0 Å². The number of rotatable bonds is 4. The fraction of sp³-hybridized carbons (Fsp3) is 0.381. The number of carbonyl (C=O) groups excluding carboxylic acids is 1. The summed E-state index contributed by atoms with van der Waals surface area (Å²) in [5.74, 6) is -0.00529. The molecule has 2 aromatic rings. The zero-order chi connectivity index (χ0) is 18.1. The third kappa shape index (κ3) is 3.45. The van der Waals surface area contributed by atoms with E-state index in [2.05, 4.69) is 29.2 Å². The highest BCUT2D eigenvalue weighted by Gasteiger charge is 2.27. The number of β-amino-alcohol motifs (C(OH)–C–C–N with tert-alkyl or cyclic N) is 1. The van der Waals surface area contributed by atoms with E-state index in [-0.39, 0.29) is 5.91 Å². The van der Waals surface area contributed by atoms with Gasteiger partial charge in [-0.3, -0.25) is 9.69 Å². The molecule has 1 unspecified atom stereocenters. The lowest BCUT2D eigenvalue weighted by Gasteiger charge is -2.34. The third-order valence-electron chi connectivity index (χ3n) is 5.41. The molecular formula is C21H25N3O2. The van der Waals surface area contributed by atoms with Crippen LogP contribution in [0.15, 0.2) is 42.5 Å². The fourth-order valence-corrected chi connectivity index (χ4v) is 4.05. The Bertz CT molecular complexity index is 821. The van der Waals surface area contributed by atoms with E-state index in [9.17, 15) is 9.90 Å². The first-order chi connectivity index (χ1) is 12.6. The molecule has 0 spiro atoms. The Kier molecular flexibility index (Phi) is 4.66. The highest BCUT2D eigenvalue weighted by Crippen LogP contribution is 2.22. The number of benzene rings is 2. The third-order valence-corrected chi connectivity index (χ3v) is 5.41. The van der Waals surface area contributed by atoms with Crippen molar-refractivity contribution in [3.05, 3.63) is 64.7 Å². The zero-order valence-electron chi connectivity index (χ0n) is 14.9. The Morgan fingerprint density at radius 1 is 1.00 bits per heavy atom. The molecule has 136 valence electrons. The van der Waals surface area contributed by atoms with Gasteiger partial charge >= 0.3 is 0 Å². The molecule has 0 aromatic heterocycles. The first-order valence-electron chi connectivity index (χ1n) is 9.25. The van der Waals surface area contributed by atoms with Gasteiger partial charge in [0.1, 0.15) is 0 Å². The normalized spacial score (nSPS) is 18.3. The Hall–Kier alpha value is -2.37. The number of amides is 1. The number of hydrogen-bond acceptors (Lipinski definition) is 4. The van der Waals surface area contributed by atoms with E-state index in [0.29, 0.717) is 30.9 Å². The number of carbonyl (C=O) groups is 1. The summed E-state index contributed by atoms with van der Waals surface area (Å²) < 4.78 is 0. The van der Waals surface area contributed by atoms with Crippen molar-refractivity contribution in [1.29, 1.82) is 0 Å². The van der Waals surface area contributed by atoms with Crippen LogP contribution < -0.4 is 5.73 Å². The topological polar surface area (TPSA) is 69.8 Å². The summed E-state index contributed by atoms with van der Waals surface area (Å²) in [5.41, 5.74) is 11.0. The molecule has 0 fully saturated rings. The number of aliphatic hydroxyl groups excluding tert-OH is 1. The molecule has 26 heavy (non-hydrogen) atoms. The van der Waals surface area contributed by atoms with Gasteiger partial charge in [0.05, 0.1) is 6.10 Å². The zero-order valence-corrected chi connectivity index (χ0v) is 14.9. The van der Waals surface area contributed by atoms with Crippen molar-refractivity contribution in [2.45, 2.75) is 25.5 Å². The van der Waals surface area contributed by atoms with Gasteiger partial charge in [-0.05, 0) is 47.7 Å². The van der Waals surface area contributed by atoms with E-state index in [1.54, 1.807) is 17.0 Å². The van der Waals surface area contributed by atoms with Crippen molar-refractivity contribution >= 4 is 11.6 Å². The SMILES string of the molecule is Nc1ccc2c(c1)CCN(CC(O)CN1CCc3ccccc3C1)C2=O. The molecule has 0 saturated heterocycles. The van der Waals surface area contributed by atoms with Gasteiger partial charge in [0.2, 0.25) is 0 Å². The maximum atomic E-state index is 12.7. The molecule has 2 aliphatic rings. The monoisotopic (exact) mass is 351 g/mol. The largest absolute Gasteiger partial charge is 0.399 e. The summed E-state index contributed by atoms with van der Waals surface area (Å²) in [7, 11) is 0. The first-order valence-corrected chi connectivity index (χ1v) is 9.25. The van der Waals surface area contributed by atoms with Gasteiger partial charge < -0.3 is 15.7 Å². The molecule has 1 amide bonds. The second-order valence-electron chi connectivity index (χ2n) is 7.33. The lowest BCUT2D eigenvalue weighted by molar-refractivity contribution is 0.0493. The maximum absolute atomic E-state index is 12.7. The van der Waals surface area contributed by atoms with Crippen LogP contribution in [0, 0.1) is 0 Å². The highest BCUT2D eigenvalue weighted by molar-refractivity contribution is 5.97. The van der Waals surface area contributed by atoms with Crippen molar-refractivity contribution in [1.82, 2.24) is 9.80 Å². The van der Waals surface area contributed by atoms with Crippen LogP contribution in [-0.4, -0.2) is 53.1 Å². The first kappa shape index (κ1) is 17.1. The van der Waals surface area contributed by atoms with Crippen molar-refractivity contribution < 1.29 is 9.90 Å². The van der Waals surface area contributed by atoms with E-state index in [0.717, 1.165) is 31.5 Å². The number of nitrogen functional groups attached to an aromatic ring is 1. The lowest BCUT2D eigenvalue weighted by atomic mass is 9.97. The van der Waals surface area contributed by atoms with E-state index < -0.39 is 6.10 Å². The number of nitrogens with zero attached hydrogens (tertiary/aromatic N) is 2. The van der Waals surface area contributed by atoms with Crippen LogP contribution in [0.4, 0.5) is 5.69 Å². The average Bonchev–Trinajstić information content (AvgIpc) is 2.64. The molecule has 3 N–H and O–H groups in total. The van der Waals surface area contributed by atoms with E-state index in [1.165, 1.54) is 11.1 Å². The maximum Gasteiger partial charge on any atom is 0.254 e. The molecular weight excluding hydrogens is 326 g/mol. The van der Waals surface area contributed by atoms with E-state index in [4.69, 9.17) is 5.73 Å². The summed E-state index contributed by atoms with van der Waals surface area (Å²) in [6, 6.07) is 13.9. The van der Waals surface area contributed by atoms with Gasteiger partial charge in [0.15, 0.2) is 0 Å². The minimum Gasteiger partial charge on any atom is -0.399 e. The van der Waals surface area contributed by atoms with Crippen LogP contribution in [-0.2, 0) is 19.4 Å². The summed E-state index contributed by atoms with van der Waals surface area (Å²) in [6.45, 7) is 3.41. The molecule has 2 aromatic carbocycles. The predicted molar refractivity (Wildman–Crippen MR) is 102 cm³/mol. The molecule has 0 saturated carbocycles. The molecule has 2 heterocycles. The van der Waals surface area contributed by atoms with Gasteiger partial charge in [-0.2, -0.15) is 0 Å². The van der Waals surface area contributed by atoms with Crippen molar-refractivity contribution in [3.63, 3.8) is 0 Å². The molecule has 4 rings (SSSR count). The quantitative estimate of drug-likeness (QED) is 0.823. The van der Waals surface area contributed by atoms with Crippen LogP contribution in [0.3, 0.4) is 0 Å². The average molecular weight is 351 g/mol. The Balaban J connectivity index is 1.36. The van der Waals surface area contributed by atoms with Gasteiger partial charge in [0, 0.05) is 44.0 Å². The summed E-state index contributed by atoms with van der Waals surface area (Å²) in [6.07, 6.45) is 1.26. The Labute approximate surface area is 154 Å². The summed E-state index contributed by atoms with van der Waals surface area (Å²) in [5, 5.41) is 10.6. The molecule has 1 atom stereocenters. The highest BCUT2D eigenvalue weighted by atomic mass is 16.3. The van der Waals surface area contributed by atoms with Crippen molar-refractivity contribution in [2.24, 2.45) is 0 Å². The summed E-state index contributed by atoms with van der Waals surface area (Å²) >= 11 is 0. The summed E-state index contributed by atoms with van der Waals surface area (Å²) in [4.78, 5) is 16.7. The fourth-order valence-electron chi connectivity index (χ4n) is 4.05. The van der Waals surface area contributed by atoms with Crippen LogP contribution in [0.25, 0.3) is 0 Å². The number of hydrogen-bond donors (Lipinski definition) is 2. The molecule has 5 nitrogen and oxygen atoms in total. The smallest absolute Gasteiger partial charge is 0.254 e. The lowest BCUT2D eigenvalue weighted by Crippen LogP contribution is -2.46. The molecule has 5 heteroatoms. The standard InChI is InChI=1S/C21H25N3O2/c22-18-5-6-20-16(11-18)8-10-24(21(20)26)14-19(25)13-23-9-7-15-3-1-2-4-17(15)12-23/h1-6,11,19,25H,7-10,12-14,22H2. The second-order valence-corrected chi connectivity index (χ2v) is 7.33. The number of fused-ring (bicyclic) bond motifs is 2. The molecule has 0 aliphatic carbocycles. The van der Waals surface area contributed by atoms with Crippen LogP contribution in [0.1, 0.15) is 27.0 Å². The molecule has 0 radical (unpaired) electrons. The number of aliphatic hydroxyl groups is 1. The van der Waals surface area contributed by atoms with Crippen LogP contribution in [0.2, 0.25) is 0 Å². The van der Waals surface area contributed by atoms with Gasteiger partial charge in [-0.1, -0.05) is 24.3 Å². The van der Waals surface area contributed by atoms with E-state index in [1.807, 2.05) is 6.07 Å². The molecule has 0 bridgehead atoms. The Morgan fingerprint density at radius 3 is 2.62 bits per heavy atom. The van der Waals surface area contributed by atoms with E-state index >= 15 is 0 Å². The second kappa shape index (κ2) is 7.09. The van der Waals surface area contributed by atoms with Crippen molar-refractivity contribution in [2.75, 3.05) is 31.9 Å². The number of anilines is 1. The predicted octanol–water partition coefficient (Wildman–Crippen LogP) is 1.69. The van der Waals surface area contributed by atoms with Gasteiger partial charge in [-0.15, -0.1) is 0 Å².